The van der Waals surface area contributed by atoms with Crippen LogP contribution < -0.4 is 10.6 Å². The number of carbonyl (C=O) groups is 1. The summed E-state index contributed by atoms with van der Waals surface area (Å²) in [6.07, 6.45) is 4.40. The van der Waals surface area contributed by atoms with Crippen LogP contribution in [-0.4, -0.2) is 26.7 Å². The summed E-state index contributed by atoms with van der Waals surface area (Å²) in [4.78, 5) is 12.3. The van der Waals surface area contributed by atoms with E-state index in [0.717, 1.165) is 24.8 Å². The maximum atomic E-state index is 12.0. The van der Waals surface area contributed by atoms with Crippen LogP contribution in [0.1, 0.15) is 58.6 Å². The summed E-state index contributed by atoms with van der Waals surface area (Å²) in [7, 11) is -3.20. The first-order chi connectivity index (χ1) is 11.1. The summed E-state index contributed by atoms with van der Waals surface area (Å²) in [6, 6.07) is 6.32. The number of rotatable bonds is 8. The fraction of sp³-hybridized carbons (Fsp3) is 0.611. The lowest BCUT2D eigenvalue weighted by Crippen LogP contribution is -2.41. The summed E-state index contributed by atoms with van der Waals surface area (Å²) < 4.78 is 22.9. The SMILES string of the molecule is CC(C)CCCC(C)NC(=O)NC(C)c1ccc(S(C)(=O)=O)cc1. The highest BCUT2D eigenvalue weighted by Crippen LogP contribution is 2.16. The number of sulfone groups is 1. The second-order valence-corrected chi connectivity index (χ2v) is 8.92. The zero-order valence-electron chi connectivity index (χ0n) is 15.3. The van der Waals surface area contributed by atoms with Crippen molar-refractivity contribution >= 4 is 15.9 Å². The van der Waals surface area contributed by atoms with Crippen molar-refractivity contribution in [1.29, 1.82) is 0 Å². The quantitative estimate of drug-likeness (QED) is 0.748. The summed E-state index contributed by atoms with van der Waals surface area (Å²) in [5.41, 5.74) is 0.866. The summed E-state index contributed by atoms with van der Waals surface area (Å²) >= 11 is 0. The first kappa shape index (κ1) is 20.5. The molecule has 136 valence electrons. The normalized spacial score (nSPS) is 14.2. The van der Waals surface area contributed by atoms with Gasteiger partial charge in [-0.2, -0.15) is 0 Å². The van der Waals surface area contributed by atoms with Crippen LogP contribution >= 0.6 is 0 Å². The first-order valence-electron chi connectivity index (χ1n) is 8.46. The standard InChI is InChI=1S/C18H30N2O3S/c1-13(2)7-6-8-14(3)19-18(21)20-15(4)16-9-11-17(12-10-16)24(5,22)23/h9-15H,6-8H2,1-5H3,(H2,19,20,21). The van der Waals surface area contributed by atoms with E-state index in [4.69, 9.17) is 0 Å². The van der Waals surface area contributed by atoms with Crippen molar-refractivity contribution in [3.05, 3.63) is 29.8 Å². The Morgan fingerprint density at radius 2 is 1.58 bits per heavy atom. The zero-order chi connectivity index (χ0) is 18.3. The zero-order valence-corrected chi connectivity index (χ0v) is 16.1. The number of nitrogens with one attached hydrogen (secondary N) is 2. The van der Waals surface area contributed by atoms with Crippen molar-refractivity contribution in [3.8, 4) is 0 Å². The molecule has 2 unspecified atom stereocenters. The molecule has 0 aromatic heterocycles. The molecule has 1 rings (SSSR count). The topological polar surface area (TPSA) is 75.3 Å². The van der Waals surface area contributed by atoms with E-state index in [1.54, 1.807) is 24.3 Å². The van der Waals surface area contributed by atoms with Crippen molar-refractivity contribution in [2.75, 3.05) is 6.26 Å². The second kappa shape index (κ2) is 9.06. The first-order valence-corrected chi connectivity index (χ1v) is 10.4. The third kappa shape index (κ3) is 7.34. The minimum atomic E-state index is -3.20. The van der Waals surface area contributed by atoms with Gasteiger partial charge in [-0.3, -0.25) is 0 Å². The molecule has 0 bridgehead atoms. The Morgan fingerprint density at radius 1 is 1.00 bits per heavy atom. The second-order valence-electron chi connectivity index (χ2n) is 6.91. The van der Waals surface area contributed by atoms with Crippen LogP contribution in [0.2, 0.25) is 0 Å². The van der Waals surface area contributed by atoms with Gasteiger partial charge < -0.3 is 10.6 Å². The van der Waals surface area contributed by atoms with Gasteiger partial charge in [0.2, 0.25) is 0 Å². The lowest BCUT2D eigenvalue weighted by Gasteiger charge is -2.19. The van der Waals surface area contributed by atoms with Gasteiger partial charge in [0.1, 0.15) is 0 Å². The molecule has 6 heteroatoms. The van der Waals surface area contributed by atoms with Gasteiger partial charge in [0.05, 0.1) is 10.9 Å². The van der Waals surface area contributed by atoms with Gasteiger partial charge in [-0.25, -0.2) is 13.2 Å². The van der Waals surface area contributed by atoms with Gasteiger partial charge in [0, 0.05) is 12.3 Å². The van der Waals surface area contributed by atoms with Crippen LogP contribution in [-0.2, 0) is 9.84 Å². The van der Waals surface area contributed by atoms with Gasteiger partial charge in [-0.1, -0.05) is 38.8 Å². The van der Waals surface area contributed by atoms with Gasteiger partial charge in [0.15, 0.2) is 9.84 Å². The van der Waals surface area contributed by atoms with E-state index >= 15 is 0 Å². The largest absolute Gasteiger partial charge is 0.336 e. The van der Waals surface area contributed by atoms with Crippen molar-refractivity contribution in [3.63, 3.8) is 0 Å². The van der Waals surface area contributed by atoms with Gasteiger partial charge >= 0.3 is 6.03 Å². The number of benzene rings is 1. The molecule has 5 nitrogen and oxygen atoms in total. The van der Waals surface area contributed by atoms with Gasteiger partial charge in [-0.15, -0.1) is 0 Å². The molecule has 0 aliphatic heterocycles. The van der Waals surface area contributed by atoms with Crippen molar-refractivity contribution in [1.82, 2.24) is 10.6 Å². The highest BCUT2D eigenvalue weighted by molar-refractivity contribution is 7.90. The number of carbonyl (C=O) groups excluding carboxylic acids is 1. The minimum absolute atomic E-state index is 0.128. The van der Waals surface area contributed by atoms with Crippen LogP contribution in [0.15, 0.2) is 29.2 Å². The van der Waals surface area contributed by atoms with Crippen molar-refractivity contribution < 1.29 is 13.2 Å². The van der Waals surface area contributed by atoms with Gasteiger partial charge in [0.25, 0.3) is 0 Å². The van der Waals surface area contributed by atoms with E-state index in [0.29, 0.717) is 5.92 Å². The van der Waals surface area contributed by atoms with E-state index in [2.05, 4.69) is 24.5 Å². The summed E-state index contributed by atoms with van der Waals surface area (Å²) in [6.45, 7) is 8.27. The Bertz CT molecular complexity index is 624. The fourth-order valence-corrected chi connectivity index (χ4v) is 3.08. The molecule has 0 saturated carbocycles. The third-order valence-corrected chi connectivity index (χ3v) is 5.08. The number of hydrogen-bond donors (Lipinski definition) is 2. The minimum Gasteiger partial charge on any atom is -0.336 e. The highest BCUT2D eigenvalue weighted by atomic mass is 32.2. The van der Waals surface area contributed by atoms with Crippen LogP contribution in [0, 0.1) is 5.92 Å². The fourth-order valence-electron chi connectivity index (χ4n) is 2.45. The maximum absolute atomic E-state index is 12.0. The summed E-state index contributed by atoms with van der Waals surface area (Å²) in [5.74, 6) is 0.681. The Balaban J connectivity index is 2.49. The molecule has 2 atom stereocenters. The smallest absolute Gasteiger partial charge is 0.315 e. The molecule has 1 aromatic rings. The molecular weight excluding hydrogens is 324 g/mol. The van der Waals surface area contributed by atoms with E-state index in [1.165, 1.54) is 6.26 Å². The monoisotopic (exact) mass is 354 g/mol. The predicted molar refractivity (Wildman–Crippen MR) is 97.8 cm³/mol. The number of amides is 2. The van der Waals surface area contributed by atoms with Crippen molar-refractivity contribution in [2.24, 2.45) is 5.92 Å². The summed E-state index contributed by atoms with van der Waals surface area (Å²) in [5, 5.41) is 5.83. The number of urea groups is 1. The molecular formula is C18H30N2O3S. The lowest BCUT2D eigenvalue weighted by atomic mass is 10.0. The Labute approximate surface area is 146 Å². The van der Waals surface area contributed by atoms with Crippen LogP contribution in [0.4, 0.5) is 4.79 Å². The Hall–Kier alpha value is -1.56. The number of hydrogen-bond acceptors (Lipinski definition) is 3. The molecule has 0 aliphatic rings. The molecule has 0 saturated heterocycles. The van der Waals surface area contributed by atoms with Crippen LogP contribution in [0.3, 0.4) is 0 Å². The van der Waals surface area contributed by atoms with Gasteiger partial charge in [-0.05, 0) is 43.9 Å². The molecule has 1 aromatic carbocycles. The Kier molecular flexibility index (Phi) is 7.73. The molecule has 0 aliphatic carbocycles. The Morgan fingerprint density at radius 3 is 2.08 bits per heavy atom. The molecule has 2 N–H and O–H groups in total. The molecule has 0 fully saturated rings. The van der Waals surface area contributed by atoms with E-state index in [1.807, 2.05) is 13.8 Å². The van der Waals surface area contributed by atoms with E-state index < -0.39 is 9.84 Å². The molecule has 2 amide bonds. The maximum Gasteiger partial charge on any atom is 0.315 e. The molecule has 0 radical (unpaired) electrons. The van der Waals surface area contributed by atoms with E-state index in [-0.39, 0.29) is 23.0 Å². The third-order valence-electron chi connectivity index (χ3n) is 3.95. The lowest BCUT2D eigenvalue weighted by molar-refractivity contribution is 0.234. The predicted octanol–water partition coefficient (Wildman–Crippen LogP) is 3.67. The molecule has 0 heterocycles. The van der Waals surface area contributed by atoms with Crippen LogP contribution in [0.5, 0.6) is 0 Å². The highest BCUT2D eigenvalue weighted by Gasteiger charge is 2.13. The molecule has 0 spiro atoms. The molecule has 24 heavy (non-hydrogen) atoms. The van der Waals surface area contributed by atoms with E-state index in [9.17, 15) is 13.2 Å². The average molecular weight is 355 g/mol. The van der Waals surface area contributed by atoms with Crippen LogP contribution in [0.25, 0.3) is 0 Å². The van der Waals surface area contributed by atoms with Crippen molar-refractivity contribution in [2.45, 2.75) is 63.9 Å². The average Bonchev–Trinajstić information content (AvgIpc) is 2.45.